The third-order valence-electron chi connectivity index (χ3n) is 2.59. The van der Waals surface area contributed by atoms with Gasteiger partial charge in [0, 0.05) is 18.0 Å². The lowest BCUT2D eigenvalue weighted by molar-refractivity contribution is 0.0895. The normalized spacial score (nSPS) is 11.9. The molecule has 0 aliphatic rings. The van der Waals surface area contributed by atoms with E-state index in [4.69, 9.17) is 9.47 Å². The Morgan fingerprint density at radius 2 is 2.05 bits per heavy atom. The van der Waals surface area contributed by atoms with Gasteiger partial charge in [0.05, 0.1) is 19.3 Å². The monoisotopic (exact) mass is 329 g/mol. The van der Waals surface area contributed by atoms with Crippen molar-refractivity contribution >= 4 is 21.8 Å². The highest BCUT2D eigenvalue weighted by molar-refractivity contribution is 9.09. The second-order valence-corrected chi connectivity index (χ2v) is 4.85. The number of nitrogens with one attached hydrogen (secondary N) is 1. The summed E-state index contributed by atoms with van der Waals surface area (Å²) in [6, 6.07) is 7.14. The van der Waals surface area contributed by atoms with Crippen molar-refractivity contribution in [2.45, 2.75) is 19.4 Å². The molecular weight excluding hydrogens is 310 g/mol. The Bertz CT molecular complexity index is 375. The van der Waals surface area contributed by atoms with Crippen LogP contribution >= 0.6 is 15.9 Å². The third kappa shape index (κ3) is 5.61. The fourth-order valence-electron chi connectivity index (χ4n) is 1.67. The lowest BCUT2D eigenvalue weighted by Gasteiger charge is -2.16. The average molecular weight is 330 g/mol. The third-order valence-corrected chi connectivity index (χ3v) is 3.05. The van der Waals surface area contributed by atoms with Crippen molar-refractivity contribution < 1.29 is 14.3 Å². The predicted molar refractivity (Wildman–Crippen MR) is 79.2 cm³/mol. The van der Waals surface area contributed by atoms with Crippen LogP contribution in [-0.4, -0.2) is 37.6 Å². The molecule has 19 heavy (non-hydrogen) atoms. The number of carbonyl (C=O) groups excluding carboxylic acids is 1. The van der Waals surface area contributed by atoms with Crippen molar-refractivity contribution in [3.8, 4) is 5.75 Å². The van der Waals surface area contributed by atoms with E-state index in [2.05, 4.69) is 21.2 Å². The van der Waals surface area contributed by atoms with E-state index >= 15 is 0 Å². The van der Waals surface area contributed by atoms with Gasteiger partial charge in [-0.2, -0.15) is 0 Å². The number of alkyl halides is 1. The molecule has 0 aromatic heterocycles. The molecule has 0 spiro atoms. The van der Waals surface area contributed by atoms with Crippen molar-refractivity contribution in [3.05, 3.63) is 29.8 Å². The van der Waals surface area contributed by atoms with E-state index < -0.39 is 0 Å². The Hall–Kier alpha value is -1.07. The van der Waals surface area contributed by atoms with Crippen molar-refractivity contribution in [1.29, 1.82) is 0 Å². The van der Waals surface area contributed by atoms with E-state index in [0.29, 0.717) is 18.8 Å². The second-order valence-electron chi connectivity index (χ2n) is 4.06. The van der Waals surface area contributed by atoms with Gasteiger partial charge in [-0.05, 0) is 37.6 Å². The number of benzene rings is 1. The van der Waals surface area contributed by atoms with Crippen molar-refractivity contribution in [1.82, 2.24) is 5.32 Å². The molecule has 1 rings (SSSR count). The molecule has 1 unspecified atom stereocenters. The van der Waals surface area contributed by atoms with E-state index in [0.717, 1.165) is 17.5 Å². The lowest BCUT2D eigenvalue weighted by atomic mass is 10.1. The summed E-state index contributed by atoms with van der Waals surface area (Å²) < 4.78 is 10.4. The highest BCUT2D eigenvalue weighted by Crippen LogP contribution is 2.12. The molecule has 1 amide bonds. The van der Waals surface area contributed by atoms with Crippen LogP contribution in [0.15, 0.2) is 24.3 Å². The fraction of sp³-hybridized carbons (Fsp3) is 0.500. The molecule has 5 heteroatoms. The largest absolute Gasteiger partial charge is 0.494 e. The summed E-state index contributed by atoms with van der Waals surface area (Å²) >= 11 is 3.37. The Kier molecular flexibility index (Phi) is 7.52. The molecule has 0 aliphatic carbocycles. The first-order chi connectivity index (χ1) is 9.21. The molecule has 106 valence electrons. The fourth-order valence-corrected chi connectivity index (χ4v) is 2.22. The molecule has 1 aromatic rings. The summed E-state index contributed by atoms with van der Waals surface area (Å²) in [6.07, 6.45) is 0.830. The predicted octanol–water partition coefficient (Wildman–Crippen LogP) is 2.62. The number of hydrogen-bond acceptors (Lipinski definition) is 3. The van der Waals surface area contributed by atoms with E-state index in [1.807, 2.05) is 6.92 Å². The molecule has 1 N–H and O–H groups in total. The first-order valence-corrected chi connectivity index (χ1v) is 7.42. The van der Waals surface area contributed by atoms with Crippen molar-refractivity contribution in [2.24, 2.45) is 0 Å². The van der Waals surface area contributed by atoms with Gasteiger partial charge in [0.1, 0.15) is 5.75 Å². The lowest BCUT2D eigenvalue weighted by Crippen LogP contribution is -2.38. The molecule has 0 saturated heterocycles. The first kappa shape index (κ1) is 16.0. The molecule has 1 atom stereocenters. The molecule has 0 saturated carbocycles. The van der Waals surface area contributed by atoms with E-state index in [-0.39, 0.29) is 11.9 Å². The summed E-state index contributed by atoms with van der Waals surface area (Å²) in [4.78, 5) is 12.1. The van der Waals surface area contributed by atoms with Crippen LogP contribution in [-0.2, 0) is 4.74 Å². The summed E-state index contributed by atoms with van der Waals surface area (Å²) in [5, 5.41) is 3.78. The van der Waals surface area contributed by atoms with Gasteiger partial charge in [-0.25, -0.2) is 0 Å². The van der Waals surface area contributed by atoms with Gasteiger partial charge in [-0.3, -0.25) is 4.79 Å². The smallest absolute Gasteiger partial charge is 0.251 e. The highest BCUT2D eigenvalue weighted by Gasteiger charge is 2.13. The van der Waals surface area contributed by atoms with Crippen LogP contribution in [0, 0.1) is 0 Å². The van der Waals surface area contributed by atoms with Gasteiger partial charge in [-0.15, -0.1) is 0 Å². The molecule has 0 fully saturated rings. The Morgan fingerprint density at radius 1 is 1.37 bits per heavy atom. The van der Waals surface area contributed by atoms with Gasteiger partial charge < -0.3 is 14.8 Å². The molecule has 4 nitrogen and oxygen atoms in total. The molecule has 0 bridgehead atoms. The number of amides is 1. The molecular formula is C14H20BrNO3. The van der Waals surface area contributed by atoms with Crippen LogP contribution in [0.2, 0.25) is 0 Å². The number of halogens is 1. The maximum absolute atomic E-state index is 12.1. The van der Waals surface area contributed by atoms with Gasteiger partial charge in [0.2, 0.25) is 0 Å². The Balaban J connectivity index is 2.60. The van der Waals surface area contributed by atoms with E-state index in [1.165, 1.54) is 0 Å². The van der Waals surface area contributed by atoms with Crippen LogP contribution in [0.25, 0.3) is 0 Å². The first-order valence-electron chi connectivity index (χ1n) is 6.29. The minimum absolute atomic E-state index is 0.0171. The van der Waals surface area contributed by atoms with E-state index in [1.54, 1.807) is 31.4 Å². The maximum atomic E-state index is 12.1. The van der Waals surface area contributed by atoms with Crippen LogP contribution < -0.4 is 10.1 Å². The van der Waals surface area contributed by atoms with Gasteiger partial charge in [0.15, 0.2) is 0 Å². The number of methoxy groups -OCH3 is 1. The highest BCUT2D eigenvalue weighted by atomic mass is 79.9. The zero-order chi connectivity index (χ0) is 14.1. The molecule has 1 aromatic carbocycles. The average Bonchev–Trinajstić information content (AvgIpc) is 2.40. The van der Waals surface area contributed by atoms with Crippen LogP contribution in [0.4, 0.5) is 0 Å². The summed E-state index contributed by atoms with van der Waals surface area (Å²) in [7, 11) is 1.63. The minimum atomic E-state index is -0.0916. The molecule has 0 heterocycles. The quantitative estimate of drug-likeness (QED) is 0.746. The zero-order valence-corrected chi connectivity index (χ0v) is 12.9. The minimum Gasteiger partial charge on any atom is -0.494 e. The van der Waals surface area contributed by atoms with Crippen LogP contribution in [0.3, 0.4) is 0 Å². The SMILES string of the molecule is CCOc1ccc(C(=O)NC(CCBr)COC)cc1. The van der Waals surface area contributed by atoms with Gasteiger partial charge >= 0.3 is 0 Å². The van der Waals surface area contributed by atoms with Gasteiger partial charge in [0.25, 0.3) is 5.91 Å². The topological polar surface area (TPSA) is 47.6 Å². The maximum Gasteiger partial charge on any atom is 0.251 e. The second kappa shape index (κ2) is 8.93. The summed E-state index contributed by atoms with van der Waals surface area (Å²) in [5.74, 6) is 0.680. The standard InChI is InChI=1S/C14H20BrNO3/c1-3-19-13-6-4-11(5-7-13)14(17)16-12(8-9-15)10-18-2/h4-7,12H,3,8-10H2,1-2H3,(H,16,17). The molecule has 0 radical (unpaired) electrons. The van der Waals surface area contributed by atoms with Crippen molar-refractivity contribution in [2.75, 3.05) is 25.7 Å². The number of ether oxygens (including phenoxy) is 2. The van der Waals surface area contributed by atoms with Crippen LogP contribution in [0.5, 0.6) is 5.75 Å². The van der Waals surface area contributed by atoms with Gasteiger partial charge in [-0.1, -0.05) is 15.9 Å². The van der Waals surface area contributed by atoms with Crippen molar-refractivity contribution in [3.63, 3.8) is 0 Å². The number of carbonyl (C=O) groups is 1. The zero-order valence-electron chi connectivity index (χ0n) is 11.3. The Morgan fingerprint density at radius 3 is 2.58 bits per heavy atom. The summed E-state index contributed by atoms with van der Waals surface area (Å²) in [6.45, 7) is 3.05. The van der Waals surface area contributed by atoms with E-state index in [9.17, 15) is 4.79 Å². The van der Waals surface area contributed by atoms with Crippen LogP contribution in [0.1, 0.15) is 23.7 Å². The molecule has 0 aliphatic heterocycles. The number of rotatable bonds is 8. The Labute approximate surface area is 122 Å². The summed E-state index contributed by atoms with van der Waals surface area (Å²) in [5.41, 5.74) is 0.624. The number of hydrogen-bond donors (Lipinski definition) is 1.